The molecule has 15 heteroatoms. The maximum absolute atomic E-state index is 5.74. The van der Waals surface area contributed by atoms with Crippen molar-refractivity contribution in [3.8, 4) is 142 Å². The zero-order valence-electron chi connectivity index (χ0n) is 65.5. The zero-order valence-corrected chi connectivity index (χ0v) is 68.7. The SMILES string of the molecule is CC1(C)c2ccccc2-c2ccc(-c3nc(-c4cccc5c4sc4cccc(-c6nc(-c7ccccc7)nc(-c7cccc(-c8ccc9c(c8)c8ccc(-c%10nc(-c%11cccc%12c%11sc%11cccc(-c%13nc(-c%14ccccc%14)nc(-c%14ccccc%14)n%13)c%11%12)nc%11c%10sc%10ccccc%10%11)cc8n9-c8ccccc8)c7)n6)c45)nc4c3sc3ccccc34)cc21. The van der Waals surface area contributed by atoms with E-state index in [1.807, 2.05) is 78.9 Å². The highest BCUT2D eigenvalue weighted by Crippen LogP contribution is 2.53. The third-order valence-corrected chi connectivity index (χ3v) is 28.9. The highest BCUT2D eigenvalue weighted by molar-refractivity contribution is 7.27. The minimum Gasteiger partial charge on any atom is -0.309 e. The normalized spacial score (nSPS) is 12.6. The van der Waals surface area contributed by atoms with Crippen molar-refractivity contribution in [3.63, 3.8) is 0 Å². The van der Waals surface area contributed by atoms with Crippen LogP contribution in [0.15, 0.2) is 346 Å². The summed E-state index contributed by atoms with van der Waals surface area (Å²) in [7, 11) is 0. The van der Waals surface area contributed by atoms with Crippen molar-refractivity contribution < 1.29 is 0 Å². The molecular weight excluding hydrogens is 1570 g/mol. The van der Waals surface area contributed by atoms with Crippen molar-refractivity contribution >= 4 is 148 Å². The highest BCUT2D eigenvalue weighted by atomic mass is 32.1. The number of para-hydroxylation sites is 1. The summed E-state index contributed by atoms with van der Waals surface area (Å²) in [6, 6.07) is 123. The molecule has 0 atom stereocenters. The van der Waals surface area contributed by atoms with Crippen LogP contribution in [0.3, 0.4) is 0 Å². The summed E-state index contributed by atoms with van der Waals surface area (Å²) >= 11 is 7.01. The predicted molar refractivity (Wildman–Crippen MR) is 508 cm³/mol. The van der Waals surface area contributed by atoms with Gasteiger partial charge < -0.3 is 4.57 Å². The number of nitrogens with zero attached hydrogens (tertiary/aromatic N) is 11. The fraction of sp³-hybridized carbons (Fsp3) is 0.0280. The standard InChI is InChI=1S/C107H63N11S4/c1-107(2)81-45-18-15-36-69(81)70-53-50-65(58-82(70)107)91-97-93(72-37-16-19-46-85(72)119-97)110-105(108-91)78-43-22-40-75-90-77(42-25-49-88(90)122-95(75)78)104-116-101(62-30-11-5-12-31-62)113-102(117-104)67-33-21-32-63(56-67)64-52-55-83-80(57-64)71-54-51-66(59-84(71)118(83)68-34-13-6-14-35-68)92-98-94(73-38-17-20-47-86(73)120-98)111-106(109-92)79-44-23-39-74-89-76(41-24-48-87(89)121-96(74)79)103-114-99(60-26-7-3-8-27-60)112-100(115-103)61-28-9-4-10-29-61/h3-59H,1-2H3. The van der Waals surface area contributed by atoms with Crippen LogP contribution in [0.25, 0.3) is 244 Å². The molecule has 24 aromatic rings. The fourth-order valence-corrected chi connectivity index (χ4v) is 23.2. The molecule has 0 radical (unpaired) electrons. The molecule has 11 nitrogen and oxygen atoms in total. The summed E-state index contributed by atoms with van der Waals surface area (Å²) in [4.78, 5) is 54.3. The molecule has 0 aliphatic heterocycles. The largest absolute Gasteiger partial charge is 0.309 e. The van der Waals surface area contributed by atoms with E-state index in [0.717, 1.165) is 182 Å². The third-order valence-electron chi connectivity index (χ3n) is 24.2. The summed E-state index contributed by atoms with van der Waals surface area (Å²) in [6.07, 6.45) is 0. The molecular formula is C107H63N11S4. The Morgan fingerprint density at radius 2 is 0.615 bits per heavy atom. The first-order chi connectivity index (χ1) is 60.2. The predicted octanol–water partition coefficient (Wildman–Crippen LogP) is 28.8. The van der Waals surface area contributed by atoms with Gasteiger partial charge >= 0.3 is 0 Å². The van der Waals surface area contributed by atoms with Crippen LogP contribution in [-0.4, -0.2) is 54.4 Å². The molecule has 0 amide bonds. The van der Waals surface area contributed by atoms with Crippen molar-refractivity contribution in [1.82, 2.24) is 54.4 Å². The maximum atomic E-state index is 5.74. The van der Waals surface area contributed by atoms with Gasteiger partial charge in [-0.3, -0.25) is 0 Å². The maximum Gasteiger partial charge on any atom is 0.164 e. The first-order valence-electron chi connectivity index (χ1n) is 40.7. The highest BCUT2D eigenvalue weighted by Gasteiger charge is 2.36. The summed E-state index contributed by atoms with van der Waals surface area (Å²) in [5.74, 6) is 4.92. The number of rotatable bonds is 12. The van der Waals surface area contributed by atoms with Crippen LogP contribution < -0.4 is 0 Å². The molecule has 9 heterocycles. The van der Waals surface area contributed by atoms with Gasteiger partial charge in [0.25, 0.3) is 0 Å². The molecule has 0 spiro atoms. The van der Waals surface area contributed by atoms with E-state index < -0.39 is 0 Å². The first kappa shape index (κ1) is 70.2. The van der Waals surface area contributed by atoms with Crippen LogP contribution in [0.2, 0.25) is 0 Å². The second-order valence-electron chi connectivity index (χ2n) is 31.6. The number of thiophene rings is 4. The average molecular weight is 1630 g/mol. The van der Waals surface area contributed by atoms with Crippen LogP contribution in [-0.2, 0) is 5.41 Å². The Balaban J connectivity index is 0.600. The van der Waals surface area contributed by atoms with Crippen LogP contribution in [0.5, 0.6) is 0 Å². The van der Waals surface area contributed by atoms with E-state index in [0.29, 0.717) is 46.6 Å². The van der Waals surface area contributed by atoms with Crippen LogP contribution in [0.1, 0.15) is 25.0 Å². The second-order valence-corrected chi connectivity index (χ2v) is 35.8. The van der Waals surface area contributed by atoms with Gasteiger partial charge in [-0.05, 0) is 112 Å². The lowest BCUT2D eigenvalue weighted by Crippen LogP contribution is -2.14. The smallest absolute Gasteiger partial charge is 0.164 e. The molecule has 1 aliphatic carbocycles. The number of hydrogen-bond donors (Lipinski definition) is 0. The molecule has 0 saturated carbocycles. The van der Waals surface area contributed by atoms with E-state index in [9.17, 15) is 0 Å². The van der Waals surface area contributed by atoms with Gasteiger partial charge in [0.1, 0.15) is 0 Å². The lowest BCUT2D eigenvalue weighted by Gasteiger charge is -2.22. The van der Waals surface area contributed by atoms with Crippen LogP contribution in [0, 0.1) is 0 Å². The minimum atomic E-state index is -0.177. The summed E-state index contributed by atoms with van der Waals surface area (Å²) in [5, 5.41) is 8.75. The molecule has 25 rings (SSSR count). The minimum absolute atomic E-state index is 0.177. The summed E-state index contributed by atoms with van der Waals surface area (Å²) in [6.45, 7) is 4.68. The molecule has 1 aliphatic rings. The number of benzene rings is 15. The number of hydrogen-bond acceptors (Lipinski definition) is 14. The number of fused-ring (bicyclic) bond motifs is 18. The zero-order chi connectivity index (χ0) is 80.4. The molecule has 570 valence electrons. The monoisotopic (exact) mass is 1630 g/mol. The van der Waals surface area contributed by atoms with Crippen molar-refractivity contribution in [3.05, 3.63) is 357 Å². The number of aromatic nitrogens is 11. The summed E-state index contributed by atoms with van der Waals surface area (Å²) < 4.78 is 11.2. The van der Waals surface area contributed by atoms with Gasteiger partial charge in [-0.1, -0.05) is 281 Å². The molecule has 0 bridgehead atoms. The van der Waals surface area contributed by atoms with Gasteiger partial charge in [0.2, 0.25) is 0 Å². The van der Waals surface area contributed by atoms with E-state index in [-0.39, 0.29) is 5.41 Å². The topological polar surface area (TPSA) is 134 Å². The molecule has 15 aromatic carbocycles. The molecule has 122 heavy (non-hydrogen) atoms. The van der Waals surface area contributed by atoms with Gasteiger partial charge in [-0.25, -0.2) is 49.8 Å². The van der Waals surface area contributed by atoms with Gasteiger partial charge in [0.15, 0.2) is 46.6 Å². The molecule has 0 saturated heterocycles. The van der Waals surface area contributed by atoms with E-state index in [4.69, 9.17) is 49.8 Å². The summed E-state index contributed by atoms with van der Waals surface area (Å²) in [5.41, 5.74) is 23.5. The molecule has 9 aromatic heterocycles. The Kier molecular flexibility index (Phi) is 15.9. The molecule has 0 unspecified atom stereocenters. The van der Waals surface area contributed by atoms with Gasteiger partial charge in [0.05, 0.1) is 42.9 Å². The van der Waals surface area contributed by atoms with E-state index >= 15 is 0 Å². The van der Waals surface area contributed by atoms with Crippen molar-refractivity contribution in [1.29, 1.82) is 0 Å². The Labute approximate surface area is 714 Å². The van der Waals surface area contributed by atoms with Crippen molar-refractivity contribution in [2.24, 2.45) is 0 Å². The molecule has 0 N–H and O–H groups in total. The van der Waals surface area contributed by atoms with E-state index in [1.54, 1.807) is 45.3 Å². The van der Waals surface area contributed by atoms with Gasteiger partial charge in [-0.15, -0.1) is 45.3 Å². The second kappa shape index (κ2) is 27.6. The quantitative estimate of drug-likeness (QED) is 0.116. The lowest BCUT2D eigenvalue weighted by molar-refractivity contribution is 0.660. The van der Waals surface area contributed by atoms with Crippen molar-refractivity contribution in [2.75, 3.05) is 0 Å². The Morgan fingerprint density at radius 3 is 1.19 bits per heavy atom. The fourth-order valence-electron chi connectivity index (χ4n) is 18.4. The van der Waals surface area contributed by atoms with E-state index in [1.165, 1.54) is 27.0 Å². The van der Waals surface area contributed by atoms with Gasteiger partial charge in [-0.2, -0.15) is 0 Å². The Hall–Kier alpha value is -14.8. The van der Waals surface area contributed by atoms with Gasteiger partial charge in [0, 0.05) is 138 Å². The van der Waals surface area contributed by atoms with E-state index in [2.05, 4.69) is 285 Å². The van der Waals surface area contributed by atoms with Crippen LogP contribution in [0.4, 0.5) is 0 Å². The Bertz CT molecular complexity index is 8450. The van der Waals surface area contributed by atoms with Crippen LogP contribution >= 0.6 is 45.3 Å². The Morgan fingerprint density at radius 1 is 0.221 bits per heavy atom. The van der Waals surface area contributed by atoms with Crippen molar-refractivity contribution in [2.45, 2.75) is 19.3 Å². The first-order valence-corrected chi connectivity index (χ1v) is 43.9. The molecule has 0 fully saturated rings. The average Bonchev–Trinajstić information content (AvgIpc) is 1.57. The third kappa shape index (κ3) is 11.2. The lowest BCUT2D eigenvalue weighted by atomic mass is 9.82.